The van der Waals surface area contributed by atoms with Crippen LogP contribution in [0.1, 0.15) is 11.1 Å². The lowest BCUT2D eigenvalue weighted by atomic mass is 10.2. The van der Waals surface area contributed by atoms with Gasteiger partial charge >= 0.3 is 0 Å². The fraction of sp³-hybridized carbons (Fsp3) is 0.130. The second-order valence-corrected chi connectivity index (χ2v) is 8.62. The van der Waals surface area contributed by atoms with Crippen LogP contribution in [0.5, 0.6) is 5.75 Å². The third-order valence-electron chi connectivity index (χ3n) is 4.27. The number of amides is 1. The van der Waals surface area contributed by atoms with Crippen LogP contribution in [-0.4, -0.2) is 16.0 Å². The number of aliphatic imine (C=N–C) groups is 1. The summed E-state index contributed by atoms with van der Waals surface area (Å²) in [6.07, 6.45) is 0. The number of hydrogen-bond donors (Lipinski definition) is 1. The normalized spacial score (nSPS) is 12.6. The Kier molecular flexibility index (Phi) is 6.54. The highest BCUT2D eigenvalue weighted by atomic mass is 32.2. The maximum atomic E-state index is 12.3. The summed E-state index contributed by atoms with van der Waals surface area (Å²) in [5, 5.41) is 2.92. The Labute approximate surface area is 178 Å². The quantitative estimate of drug-likeness (QED) is 0.542. The number of carbonyl (C=O) groups is 1. The van der Waals surface area contributed by atoms with E-state index < -0.39 is 0 Å². The molecule has 29 heavy (non-hydrogen) atoms. The minimum atomic E-state index is -0.0462. The molecule has 4 nitrogen and oxygen atoms in total. The van der Waals surface area contributed by atoms with Crippen LogP contribution in [0.4, 0.5) is 11.4 Å². The molecule has 0 spiro atoms. The molecule has 1 N–H and O–H groups in total. The van der Waals surface area contributed by atoms with E-state index in [-0.39, 0.29) is 5.91 Å². The maximum absolute atomic E-state index is 12.3. The molecule has 0 atom stereocenters. The molecule has 0 saturated heterocycles. The first-order valence-electron chi connectivity index (χ1n) is 9.25. The Hall–Kier alpha value is -2.70. The highest BCUT2D eigenvalue weighted by molar-refractivity contribution is 8.38. The van der Waals surface area contributed by atoms with Crippen LogP contribution >= 0.6 is 23.5 Å². The molecule has 1 aliphatic heterocycles. The van der Waals surface area contributed by atoms with Gasteiger partial charge in [-0.3, -0.25) is 4.79 Å². The monoisotopic (exact) mass is 420 g/mol. The van der Waals surface area contributed by atoms with Crippen molar-refractivity contribution in [2.75, 3.05) is 11.1 Å². The molecule has 1 amide bonds. The topological polar surface area (TPSA) is 50.7 Å². The molecule has 6 heteroatoms. The molecule has 0 aliphatic carbocycles. The van der Waals surface area contributed by atoms with Gasteiger partial charge in [0.15, 0.2) is 0 Å². The van der Waals surface area contributed by atoms with Gasteiger partial charge in [0.05, 0.1) is 11.4 Å². The van der Waals surface area contributed by atoms with Crippen LogP contribution < -0.4 is 10.1 Å². The smallest absolute Gasteiger partial charge is 0.234 e. The van der Waals surface area contributed by atoms with Crippen LogP contribution in [-0.2, 0) is 17.2 Å². The van der Waals surface area contributed by atoms with Crippen molar-refractivity contribution in [2.45, 2.75) is 12.4 Å². The summed E-state index contributed by atoms with van der Waals surface area (Å²) in [6.45, 7) is 0.520. The number of thioether (sulfide) groups is 2. The van der Waals surface area contributed by atoms with E-state index in [1.807, 2.05) is 72.8 Å². The van der Waals surface area contributed by atoms with Gasteiger partial charge in [0.1, 0.15) is 16.7 Å². The molecule has 0 fully saturated rings. The minimum absolute atomic E-state index is 0.0462. The molecule has 1 aliphatic rings. The zero-order valence-electron chi connectivity index (χ0n) is 15.7. The Morgan fingerprint density at radius 2 is 1.76 bits per heavy atom. The first-order valence-corrected chi connectivity index (χ1v) is 11.2. The largest absolute Gasteiger partial charge is 0.489 e. The van der Waals surface area contributed by atoms with Gasteiger partial charge in [-0.15, -0.1) is 0 Å². The number of benzene rings is 3. The Morgan fingerprint density at radius 1 is 1.00 bits per heavy atom. The molecule has 3 aromatic carbocycles. The number of anilines is 1. The van der Waals surface area contributed by atoms with E-state index in [1.54, 1.807) is 11.8 Å². The van der Waals surface area contributed by atoms with Gasteiger partial charge in [0.2, 0.25) is 5.91 Å². The van der Waals surface area contributed by atoms with E-state index in [4.69, 9.17) is 4.74 Å². The van der Waals surface area contributed by atoms with Crippen molar-refractivity contribution in [3.8, 4) is 5.75 Å². The average molecular weight is 421 g/mol. The summed E-state index contributed by atoms with van der Waals surface area (Å²) in [5.74, 6) is 1.96. The van der Waals surface area contributed by atoms with Gasteiger partial charge in [-0.25, -0.2) is 4.99 Å². The molecule has 0 unspecified atom stereocenters. The van der Waals surface area contributed by atoms with Crippen molar-refractivity contribution < 1.29 is 9.53 Å². The minimum Gasteiger partial charge on any atom is -0.489 e. The van der Waals surface area contributed by atoms with E-state index in [2.05, 4.69) is 16.4 Å². The van der Waals surface area contributed by atoms with Crippen molar-refractivity contribution in [2.24, 2.45) is 4.99 Å². The molecule has 3 aromatic rings. The van der Waals surface area contributed by atoms with E-state index in [0.29, 0.717) is 12.4 Å². The number of rotatable bonds is 6. The maximum Gasteiger partial charge on any atom is 0.234 e. The third-order valence-corrected chi connectivity index (χ3v) is 6.51. The van der Waals surface area contributed by atoms with E-state index in [1.165, 1.54) is 17.3 Å². The lowest BCUT2D eigenvalue weighted by Gasteiger charge is -2.14. The Bertz CT molecular complexity index is 1000. The number of para-hydroxylation sites is 1. The lowest BCUT2D eigenvalue weighted by Crippen LogP contribution is -2.15. The van der Waals surface area contributed by atoms with Gasteiger partial charge in [0, 0.05) is 11.4 Å². The summed E-state index contributed by atoms with van der Waals surface area (Å²) in [5.41, 5.74) is 4.11. The number of nitrogens with zero attached hydrogens (tertiary/aromatic N) is 1. The van der Waals surface area contributed by atoms with Crippen LogP contribution in [0.15, 0.2) is 83.9 Å². The summed E-state index contributed by atoms with van der Waals surface area (Å²) >= 11 is 3.15. The Morgan fingerprint density at radius 3 is 2.59 bits per heavy atom. The van der Waals surface area contributed by atoms with Gasteiger partial charge in [-0.05, 0) is 41.5 Å². The van der Waals surface area contributed by atoms with Crippen molar-refractivity contribution in [1.29, 1.82) is 0 Å². The van der Waals surface area contributed by atoms with Gasteiger partial charge in [0.25, 0.3) is 0 Å². The SMILES string of the molecule is O=C(CSC1=Nc2ccccc2CS1)Nc1ccc(OCc2ccccc2)cc1. The molecule has 0 bridgehead atoms. The summed E-state index contributed by atoms with van der Waals surface area (Å²) in [4.78, 5) is 16.9. The van der Waals surface area contributed by atoms with Crippen LogP contribution in [0, 0.1) is 0 Å². The van der Waals surface area contributed by atoms with E-state index in [0.717, 1.165) is 32.8 Å². The van der Waals surface area contributed by atoms with Crippen molar-refractivity contribution in [3.63, 3.8) is 0 Å². The van der Waals surface area contributed by atoms with E-state index in [9.17, 15) is 4.79 Å². The molecule has 1 heterocycles. The number of hydrogen-bond acceptors (Lipinski definition) is 5. The number of ether oxygens (including phenoxy) is 1. The lowest BCUT2D eigenvalue weighted by molar-refractivity contribution is -0.113. The highest BCUT2D eigenvalue weighted by Crippen LogP contribution is 2.34. The fourth-order valence-corrected chi connectivity index (χ4v) is 4.65. The number of fused-ring (bicyclic) bond motifs is 1. The van der Waals surface area contributed by atoms with Gasteiger partial charge < -0.3 is 10.1 Å². The first kappa shape index (κ1) is 19.6. The zero-order valence-corrected chi connectivity index (χ0v) is 17.3. The van der Waals surface area contributed by atoms with E-state index >= 15 is 0 Å². The second kappa shape index (κ2) is 9.67. The fourth-order valence-electron chi connectivity index (χ4n) is 2.79. The first-order chi connectivity index (χ1) is 14.3. The zero-order chi connectivity index (χ0) is 19.9. The molecular weight excluding hydrogens is 400 g/mol. The predicted molar refractivity (Wildman–Crippen MR) is 123 cm³/mol. The van der Waals surface area contributed by atoms with Crippen molar-refractivity contribution in [3.05, 3.63) is 90.0 Å². The van der Waals surface area contributed by atoms with Crippen LogP contribution in [0.25, 0.3) is 0 Å². The number of carbonyl (C=O) groups excluding carboxylic acids is 1. The predicted octanol–water partition coefficient (Wildman–Crippen LogP) is 5.87. The summed E-state index contributed by atoms with van der Waals surface area (Å²) < 4.78 is 6.71. The van der Waals surface area contributed by atoms with Crippen LogP contribution in [0.2, 0.25) is 0 Å². The molecule has 0 saturated carbocycles. The molecule has 4 rings (SSSR count). The second-order valence-electron chi connectivity index (χ2n) is 6.43. The van der Waals surface area contributed by atoms with Gasteiger partial charge in [-0.2, -0.15) is 0 Å². The molecule has 146 valence electrons. The highest BCUT2D eigenvalue weighted by Gasteiger charge is 2.14. The van der Waals surface area contributed by atoms with Gasteiger partial charge in [-0.1, -0.05) is 72.1 Å². The standard InChI is InChI=1S/C23H20N2O2S2/c26-22(16-29-23-25-21-9-5-4-8-18(21)15-28-23)24-19-10-12-20(13-11-19)27-14-17-6-2-1-3-7-17/h1-13H,14-16H2,(H,24,26). The molecular formula is C23H20N2O2S2. The molecule has 0 aromatic heterocycles. The summed E-state index contributed by atoms with van der Waals surface area (Å²) in [7, 11) is 0. The van der Waals surface area contributed by atoms with Crippen molar-refractivity contribution >= 4 is 45.2 Å². The molecule has 0 radical (unpaired) electrons. The number of nitrogens with one attached hydrogen (secondary N) is 1. The summed E-state index contributed by atoms with van der Waals surface area (Å²) in [6, 6.07) is 25.6. The third kappa shape index (κ3) is 5.65. The Balaban J connectivity index is 1.25. The van der Waals surface area contributed by atoms with Crippen LogP contribution in [0.3, 0.4) is 0 Å². The average Bonchev–Trinajstić information content (AvgIpc) is 2.78. The van der Waals surface area contributed by atoms with Crippen molar-refractivity contribution in [1.82, 2.24) is 0 Å².